The topological polar surface area (TPSA) is 17.1 Å². The van der Waals surface area contributed by atoms with E-state index >= 15 is 0 Å². The van der Waals surface area contributed by atoms with Crippen LogP contribution in [0.3, 0.4) is 0 Å². The first-order chi connectivity index (χ1) is 6.08. The van der Waals surface area contributed by atoms with Crippen molar-refractivity contribution in [2.75, 3.05) is 0 Å². The Morgan fingerprint density at radius 3 is 2.85 bits per heavy atom. The van der Waals surface area contributed by atoms with Gasteiger partial charge in [0.1, 0.15) is 5.78 Å². The van der Waals surface area contributed by atoms with Crippen LogP contribution in [0.25, 0.3) is 0 Å². The van der Waals surface area contributed by atoms with E-state index in [1.54, 1.807) is 6.92 Å². The fourth-order valence-electron chi connectivity index (χ4n) is 1.68. The molecule has 1 unspecified atom stereocenters. The lowest BCUT2D eigenvalue weighted by Crippen LogP contribution is -2.12. The summed E-state index contributed by atoms with van der Waals surface area (Å²) in [5.74, 6) is 0.227. The molecule has 1 rings (SSSR count). The van der Waals surface area contributed by atoms with Crippen molar-refractivity contribution >= 4 is 5.78 Å². The lowest BCUT2D eigenvalue weighted by Gasteiger charge is -2.21. The fourth-order valence-corrected chi connectivity index (χ4v) is 1.68. The third-order valence-corrected chi connectivity index (χ3v) is 2.38. The smallest absolute Gasteiger partial charge is 0.133 e. The van der Waals surface area contributed by atoms with E-state index in [1.165, 1.54) is 5.57 Å². The maximum atomic E-state index is 11.0. The van der Waals surface area contributed by atoms with E-state index in [9.17, 15) is 4.79 Å². The minimum atomic E-state index is -0.0274. The van der Waals surface area contributed by atoms with Crippen LogP contribution in [-0.4, -0.2) is 5.78 Å². The summed E-state index contributed by atoms with van der Waals surface area (Å²) in [7, 11) is 0. The second-order valence-corrected chi connectivity index (χ2v) is 3.71. The van der Waals surface area contributed by atoms with Crippen molar-refractivity contribution in [3.63, 3.8) is 0 Å². The number of hydrogen-bond acceptors (Lipinski definition) is 1. The van der Waals surface area contributed by atoms with Gasteiger partial charge in [0.15, 0.2) is 0 Å². The normalized spacial score (nSPS) is 26.8. The van der Waals surface area contributed by atoms with Crippen LogP contribution in [0.1, 0.15) is 27.2 Å². The average molecular weight is 176 g/mol. The molecule has 0 heterocycles. The molecule has 0 aromatic carbocycles. The molecule has 0 aromatic heterocycles. The number of Topliss-reactive ketones (excluding diaryl/α,β-unsaturated/α-hetero) is 1. The minimum absolute atomic E-state index is 0.0274. The van der Waals surface area contributed by atoms with Crippen LogP contribution < -0.4 is 0 Å². The number of ketones is 1. The van der Waals surface area contributed by atoms with Gasteiger partial charge in [-0.05, 0) is 26.3 Å². The highest BCUT2D eigenvalue weighted by atomic mass is 16.1. The van der Waals surface area contributed by atoms with Crippen LogP contribution in [0.5, 0.6) is 0 Å². The van der Waals surface area contributed by atoms with Gasteiger partial charge in [0, 0.05) is 11.8 Å². The molecule has 1 heteroatoms. The predicted molar refractivity (Wildman–Crippen MR) is 55.4 cm³/mol. The predicted octanol–water partition coefficient (Wildman–Crippen LogP) is 3.04. The van der Waals surface area contributed by atoms with Gasteiger partial charge in [-0.3, -0.25) is 4.79 Å². The van der Waals surface area contributed by atoms with Crippen LogP contribution in [0.2, 0.25) is 0 Å². The quantitative estimate of drug-likeness (QED) is 0.604. The number of rotatable bonds is 3. The maximum absolute atomic E-state index is 11.0. The Labute approximate surface area is 79.8 Å². The molecule has 1 aliphatic rings. The Balaban J connectivity index is 2.82. The number of hydrogen-bond donors (Lipinski definition) is 0. The maximum Gasteiger partial charge on any atom is 0.133 e. The second-order valence-electron chi connectivity index (χ2n) is 3.71. The monoisotopic (exact) mass is 176 g/mol. The molecule has 1 nitrogen and oxygen atoms in total. The first-order valence-corrected chi connectivity index (χ1v) is 4.60. The summed E-state index contributed by atoms with van der Waals surface area (Å²) < 4.78 is 0. The highest BCUT2D eigenvalue weighted by Gasteiger charge is 2.25. The van der Waals surface area contributed by atoms with Crippen LogP contribution in [-0.2, 0) is 4.79 Å². The van der Waals surface area contributed by atoms with E-state index in [2.05, 4.69) is 19.1 Å². The molecule has 0 saturated heterocycles. The molecule has 1 atom stereocenters. The molecule has 13 heavy (non-hydrogen) atoms. The van der Waals surface area contributed by atoms with Crippen LogP contribution >= 0.6 is 0 Å². The lowest BCUT2D eigenvalue weighted by molar-refractivity contribution is -0.116. The zero-order chi connectivity index (χ0) is 9.90. The van der Waals surface area contributed by atoms with Gasteiger partial charge in [0.25, 0.3) is 0 Å². The zero-order valence-corrected chi connectivity index (χ0v) is 8.50. The molecular formula is C12H16O. The van der Waals surface area contributed by atoms with Crippen molar-refractivity contribution in [2.45, 2.75) is 27.2 Å². The zero-order valence-electron chi connectivity index (χ0n) is 8.50. The van der Waals surface area contributed by atoms with E-state index in [4.69, 9.17) is 0 Å². The van der Waals surface area contributed by atoms with Gasteiger partial charge in [0.05, 0.1) is 0 Å². The standard InChI is InChI=1S/C12H16O/c1-4-7-12(3)8-5-6-11(12)9-10(2)13/h4-8H,9H2,1-3H3/b7-4-. The van der Waals surface area contributed by atoms with Crippen molar-refractivity contribution in [1.29, 1.82) is 0 Å². The third-order valence-electron chi connectivity index (χ3n) is 2.38. The Kier molecular flexibility index (Phi) is 2.86. The van der Waals surface area contributed by atoms with Gasteiger partial charge < -0.3 is 0 Å². The molecule has 0 aromatic rings. The van der Waals surface area contributed by atoms with Crippen molar-refractivity contribution in [3.8, 4) is 0 Å². The van der Waals surface area contributed by atoms with E-state index in [0.29, 0.717) is 6.42 Å². The summed E-state index contributed by atoms with van der Waals surface area (Å²) in [6.45, 7) is 5.77. The first-order valence-electron chi connectivity index (χ1n) is 4.60. The Hall–Kier alpha value is -1.11. The molecule has 1 aliphatic carbocycles. The van der Waals surface area contributed by atoms with Crippen LogP contribution in [0.4, 0.5) is 0 Å². The van der Waals surface area contributed by atoms with Gasteiger partial charge in [-0.25, -0.2) is 0 Å². The van der Waals surface area contributed by atoms with Crippen molar-refractivity contribution < 1.29 is 4.79 Å². The largest absolute Gasteiger partial charge is 0.300 e. The summed E-state index contributed by atoms with van der Waals surface area (Å²) in [5.41, 5.74) is 1.17. The summed E-state index contributed by atoms with van der Waals surface area (Å²) in [6.07, 6.45) is 10.9. The summed E-state index contributed by atoms with van der Waals surface area (Å²) >= 11 is 0. The molecule has 0 radical (unpaired) electrons. The molecule has 0 fully saturated rings. The van der Waals surface area contributed by atoms with E-state index < -0.39 is 0 Å². The molecule has 0 aliphatic heterocycles. The molecule has 0 spiro atoms. The van der Waals surface area contributed by atoms with Crippen LogP contribution in [0, 0.1) is 5.41 Å². The Morgan fingerprint density at radius 2 is 2.31 bits per heavy atom. The van der Waals surface area contributed by atoms with Gasteiger partial charge >= 0.3 is 0 Å². The molecule has 70 valence electrons. The average Bonchev–Trinajstić information content (AvgIpc) is 2.32. The van der Waals surface area contributed by atoms with Gasteiger partial charge in [-0.1, -0.05) is 30.4 Å². The lowest BCUT2D eigenvalue weighted by atomic mass is 9.82. The number of carbonyl (C=O) groups excluding carboxylic acids is 1. The second kappa shape index (κ2) is 3.73. The highest BCUT2D eigenvalue weighted by molar-refractivity contribution is 5.79. The van der Waals surface area contributed by atoms with Crippen molar-refractivity contribution in [1.82, 2.24) is 0 Å². The van der Waals surface area contributed by atoms with Crippen molar-refractivity contribution in [2.24, 2.45) is 5.41 Å². The van der Waals surface area contributed by atoms with Gasteiger partial charge in [-0.2, -0.15) is 0 Å². The molecule has 0 saturated carbocycles. The first kappa shape index (κ1) is 9.97. The summed E-state index contributed by atoms with van der Waals surface area (Å²) in [6, 6.07) is 0. The number of carbonyl (C=O) groups is 1. The highest BCUT2D eigenvalue weighted by Crippen LogP contribution is 2.36. The van der Waals surface area contributed by atoms with E-state index in [1.807, 2.05) is 25.2 Å². The van der Waals surface area contributed by atoms with Crippen LogP contribution in [0.15, 0.2) is 36.0 Å². The summed E-state index contributed by atoms with van der Waals surface area (Å²) in [4.78, 5) is 11.0. The fraction of sp³-hybridized carbons (Fsp3) is 0.417. The van der Waals surface area contributed by atoms with E-state index in [0.717, 1.165) is 0 Å². The van der Waals surface area contributed by atoms with Crippen molar-refractivity contribution in [3.05, 3.63) is 36.0 Å². The molecule has 0 N–H and O–H groups in total. The summed E-state index contributed by atoms with van der Waals surface area (Å²) in [5, 5.41) is 0. The van der Waals surface area contributed by atoms with Gasteiger partial charge in [0.2, 0.25) is 0 Å². The third kappa shape index (κ3) is 2.18. The molecule has 0 amide bonds. The SMILES string of the molecule is C/C=C\C1(C)C=CC=C1CC(C)=O. The Morgan fingerprint density at radius 1 is 1.62 bits per heavy atom. The van der Waals surface area contributed by atoms with E-state index in [-0.39, 0.29) is 11.2 Å². The molecule has 0 bridgehead atoms. The Bertz CT molecular complexity index is 294. The van der Waals surface area contributed by atoms with Gasteiger partial charge in [-0.15, -0.1) is 0 Å². The minimum Gasteiger partial charge on any atom is -0.300 e. The molecular weight excluding hydrogens is 160 g/mol. The number of allylic oxidation sites excluding steroid dienone is 6.